The number of aryl methyl sites for hydroxylation is 1. The second kappa shape index (κ2) is 4.46. The molecule has 1 rings (SSSR count). The van der Waals surface area contributed by atoms with Gasteiger partial charge in [0, 0.05) is 19.9 Å². The van der Waals surface area contributed by atoms with Gasteiger partial charge in [-0.1, -0.05) is 5.16 Å². The van der Waals surface area contributed by atoms with E-state index < -0.39 is 0 Å². The van der Waals surface area contributed by atoms with Crippen LogP contribution in [0.3, 0.4) is 0 Å². The molecule has 1 N–H and O–H groups in total. The Morgan fingerprint density at radius 1 is 1.67 bits per heavy atom. The maximum Gasteiger partial charge on any atom is 0.223 e. The van der Waals surface area contributed by atoms with Gasteiger partial charge in [-0.05, 0) is 0 Å². The van der Waals surface area contributed by atoms with Crippen LogP contribution in [0.1, 0.15) is 18.1 Å². The van der Waals surface area contributed by atoms with Crippen LogP contribution in [0.4, 0.5) is 0 Å². The monoisotopic (exact) mass is 166 g/mol. The summed E-state index contributed by atoms with van der Waals surface area (Å²) >= 11 is 0. The van der Waals surface area contributed by atoms with E-state index in [2.05, 4.69) is 15.5 Å². The second-order valence-corrected chi connectivity index (χ2v) is 2.31. The molecule has 5 heteroatoms. The fourth-order valence-corrected chi connectivity index (χ4v) is 0.758. The molecule has 0 bridgehead atoms. The third-order valence-corrected chi connectivity index (χ3v) is 1.27. The molecule has 0 atom stereocenters. The lowest BCUT2D eigenvalue weighted by atomic mass is 10.4. The van der Waals surface area contributed by atoms with E-state index in [4.69, 9.17) is 9.78 Å². The van der Waals surface area contributed by atoms with E-state index in [-0.39, 0.29) is 0 Å². The van der Waals surface area contributed by atoms with Gasteiger partial charge in [0.15, 0.2) is 5.82 Å². The van der Waals surface area contributed by atoms with Crippen molar-refractivity contribution in [1.82, 2.24) is 15.5 Å². The second-order valence-electron chi connectivity index (χ2n) is 2.31. The Bertz CT molecular complexity index is 275. The zero-order valence-corrected chi connectivity index (χ0v) is 6.87. The van der Waals surface area contributed by atoms with E-state index >= 15 is 0 Å². The molecular weight excluding hydrogens is 156 g/mol. The van der Waals surface area contributed by atoms with Gasteiger partial charge in [0.25, 0.3) is 0 Å². The van der Waals surface area contributed by atoms with E-state index in [9.17, 15) is 0 Å². The van der Waals surface area contributed by atoms with Crippen molar-refractivity contribution in [2.24, 2.45) is 0 Å². The van der Waals surface area contributed by atoms with E-state index in [1.165, 1.54) is 0 Å². The normalized spacial score (nSPS) is 9.67. The molecule has 0 aliphatic rings. The highest BCUT2D eigenvalue weighted by Crippen LogP contribution is 1.93. The molecule has 0 unspecified atom stereocenters. The minimum Gasteiger partial charge on any atom is -0.340 e. The van der Waals surface area contributed by atoms with Crippen molar-refractivity contribution in [3.8, 4) is 6.07 Å². The van der Waals surface area contributed by atoms with Crippen LogP contribution in [0, 0.1) is 18.3 Å². The average molecular weight is 166 g/mol. The number of nitrogens with one attached hydrogen (secondary N) is 1. The Morgan fingerprint density at radius 3 is 3.08 bits per heavy atom. The molecule has 5 nitrogen and oxygen atoms in total. The number of hydrogen-bond acceptors (Lipinski definition) is 5. The molecule has 0 aliphatic heterocycles. The fourth-order valence-electron chi connectivity index (χ4n) is 0.758. The Balaban J connectivity index is 2.21. The van der Waals surface area contributed by atoms with Gasteiger partial charge in [-0.25, -0.2) is 0 Å². The zero-order chi connectivity index (χ0) is 8.81. The summed E-state index contributed by atoms with van der Waals surface area (Å²) < 4.78 is 4.76. The van der Waals surface area contributed by atoms with Crippen molar-refractivity contribution in [2.45, 2.75) is 19.9 Å². The number of hydrogen-bond donors (Lipinski definition) is 1. The van der Waals surface area contributed by atoms with Crippen molar-refractivity contribution >= 4 is 0 Å². The number of nitriles is 1. The minimum absolute atomic E-state index is 0.497. The number of aromatic nitrogens is 2. The predicted molar refractivity (Wildman–Crippen MR) is 41.0 cm³/mol. The van der Waals surface area contributed by atoms with E-state index in [1.54, 1.807) is 6.92 Å². The van der Waals surface area contributed by atoms with Crippen molar-refractivity contribution in [3.63, 3.8) is 0 Å². The highest BCUT2D eigenvalue weighted by molar-refractivity contribution is 4.83. The topological polar surface area (TPSA) is 74.7 Å². The molecule has 12 heavy (non-hydrogen) atoms. The van der Waals surface area contributed by atoms with Gasteiger partial charge in [-0.2, -0.15) is 10.2 Å². The Morgan fingerprint density at radius 2 is 2.50 bits per heavy atom. The summed E-state index contributed by atoms with van der Waals surface area (Å²) in [7, 11) is 0. The maximum absolute atomic E-state index is 8.23. The number of nitrogens with zero attached hydrogens (tertiary/aromatic N) is 3. The zero-order valence-electron chi connectivity index (χ0n) is 6.87. The molecule has 0 spiro atoms. The molecule has 64 valence electrons. The molecule has 0 aromatic carbocycles. The minimum atomic E-state index is 0.497. The van der Waals surface area contributed by atoms with Gasteiger partial charge in [-0.15, -0.1) is 0 Å². The average Bonchev–Trinajstić information content (AvgIpc) is 2.45. The van der Waals surface area contributed by atoms with Gasteiger partial charge in [-0.3, -0.25) is 0 Å². The summed E-state index contributed by atoms with van der Waals surface area (Å²) in [4.78, 5) is 3.99. The molecule has 1 heterocycles. The van der Waals surface area contributed by atoms with Crippen LogP contribution in [0.15, 0.2) is 4.52 Å². The lowest BCUT2D eigenvalue weighted by Crippen LogP contribution is -2.15. The molecule has 0 amide bonds. The van der Waals surface area contributed by atoms with Crippen LogP contribution in [0.2, 0.25) is 0 Å². The van der Waals surface area contributed by atoms with Gasteiger partial charge in [0.2, 0.25) is 5.89 Å². The van der Waals surface area contributed by atoms with Crippen molar-refractivity contribution in [2.75, 3.05) is 6.54 Å². The van der Waals surface area contributed by atoms with Crippen LogP contribution >= 0.6 is 0 Å². The predicted octanol–water partition coefficient (Wildman–Crippen LogP) is 0.381. The maximum atomic E-state index is 8.23. The molecule has 0 fully saturated rings. The first-order valence-electron chi connectivity index (χ1n) is 3.70. The van der Waals surface area contributed by atoms with Crippen molar-refractivity contribution in [1.29, 1.82) is 5.26 Å². The van der Waals surface area contributed by atoms with Crippen LogP contribution in [0.25, 0.3) is 0 Å². The summed E-state index contributed by atoms with van der Waals surface area (Å²) in [6.07, 6.45) is 0.497. The summed E-state index contributed by atoms with van der Waals surface area (Å²) in [6, 6.07) is 2.03. The Labute approximate surface area is 70.4 Å². The summed E-state index contributed by atoms with van der Waals surface area (Å²) in [6.45, 7) is 2.95. The lowest BCUT2D eigenvalue weighted by Gasteiger charge is -1.94. The number of rotatable bonds is 4. The van der Waals surface area contributed by atoms with Crippen LogP contribution < -0.4 is 5.32 Å². The standard InChI is InChI=1S/C7H10N4O/c1-6-10-7(11-12-6)5-9-4-2-3-8/h9H,2,4-5H2,1H3. The third-order valence-electron chi connectivity index (χ3n) is 1.27. The Kier molecular flexibility index (Phi) is 3.23. The van der Waals surface area contributed by atoms with Crippen LogP contribution in [0.5, 0.6) is 0 Å². The molecule has 0 saturated carbocycles. The third kappa shape index (κ3) is 2.68. The molecule has 0 aliphatic carbocycles. The van der Waals surface area contributed by atoms with Crippen molar-refractivity contribution < 1.29 is 4.52 Å². The molecular formula is C7H10N4O. The summed E-state index contributed by atoms with van der Waals surface area (Å²) in [5.74, 6) is 1.19. The molecule has 0 saturated heterocycles. The van der Waals surface area contributed by atoms with Gasteiger partial charge < -0.3 is 9.84 Å². The Hall–Kier alpha value is -1.41. The largest absolute Gasteiger partial charge is 0.340 e. The first kappa shape index (κ1) is 8.68. The van der Waals surface area contributed by atoms with Crippen molar-refractivity contribution in [3.05, 3.63) is 11.7 Å². The molecule has 1 aromatic heterocycles. The highest BCUT2D eigenvalue weighted by atomic mass is 16.5. The highest BCUT2D eigenvalue weighted by Gasteiger charge is 1.99. The molecule has 1 aromatic rings. The summed E-state index contributed by atoms with van der Waals surface area (Å²) in [5, 5.41) is 14.9. The summed E-state index contributed by atoms with van der Waals surface area (Å²) in [5.41, 5.74) is 0. The SMILES string of the molecule is Cc1nc(CNCCC#N)no1. The van der Waals surface area contributed by atoms with E-state index in [0.29, 0.717) is 31.2 Å². The smallest absolute Gasteiger partial charge is 0.223 e. The van der Waals surface area contributed by atoms with Gasteiger partial charge in [0.1, 0.15) is 0 Å². The van der Waals surface area contributed by atoms with E-state index in [0.717, 1.165) is 0 Å². The molecule has 0 radical (unpaired) electrons. The first-order chi connectivity index (χ1) is 5.83. The van der Waals surface area contributed by atoms with Gasteiger partial charge in [0.05, 0.1) is 12.6 Å². The fraction of sp³-hybridized carbons (Fsp3) is 0.571. The van der Waals surface area contributed by atoms with Crippen LogP contribution in [-0.2, 0) is 6.54 Å². The van der Waals surface area contributed by atoms with Gasteiger partial charge >= 0.3 is 0 Å². The lowest BCUT2D eigenvalue weighted by molar-refractivity contribution is 0.385. The quantitative estimate of drug-likeness (QED) is 0.654. The van der Waals surface area contributed by atoms with E-state index in [1.807, 2.05) is 6.07 Å². The first-order valence-corrected chi connectivity index (χ1v) is 3.70. The van der Waals surface area contributed by atoms with Crippen LogP contribution in [-0.4, -0.2) is 16.7 Å².